The lowest BCUT2D eigenvalue weighted by Gasteiger charge is -2.33. The highest BCUT2D eigenvalue weighted by molar-refractivity contribution is 5.94. The number of hydrogen-bond donors (Lipinski definition) is 1. The molecule has 0 atom stereocenters. The molecule has 1 saturated heterocycles. The Labute approximate surface area is 128 Å². The third-order valence-electron chi connectivity index (χ3n) is 4.55. The van der Waals surface area contributed by atoms with Crippen molar-refractivity contribution >= 4 is 5.91 Å². The third kappa shape index (κ3) is 4.07. The Morgan fingerprint density at radius 2 is 1.90 bits per heavy atom. The van der Waals surface area contributed by atoms with Gasteiger partial charge in [-0.05, 0) is 82.8 Å². The molecule has 1 aliphatic heterocycles. The van der Waals surface area contributed by atoms with Gasteiger partial charge in [-0.25, -0.2) is 0 Å². The van der Waals surface area contributed by atoms with Crippen molar-refractivity contribution in [1.82, 2.24) is 10.2 Å². The van der Waals surface area contributed by atoms with Gasteiger partial charge in [-0.15, -0.1) is 0 Å². The van der Waals surface area contributed by atoms with E-state index < -0.39 is 0 Å². The zero-order chi connectivity index (χ0) is 15.4. The number of hydrogen-bond acceptors (Lipinski definition) is 2. The van der Waals surface area contributed by atoms with Crippen molar-refractivity contribution in [3.8, 4) is 0 Å². The largest absolute Gasteiger partial charge is 0.336 e. The number of benzene rings is 1. The number of nitrogens with one attached hydrogen (secondary N) is 1. The molecule has 1 heterocycles. The Balaban J connectivity index is 2.12. The molecule has 1 N–H and O–H groups in total. The van der Waals surface area contributed by atoms with Crippen molar-refractivity contribution in [2.24, 2.45) is 5.92 Å². The summed E-state index contributed by atoms with van der Waals surface area (Å²) in [5.74, 6) is 0.802. The van der Waals surface area contributed by atoms with E-state index in [1.54, 1.807) is 0 Å². The van der Waals surface area contributed by atoms with E-state index in [9.17, 15) is 4.79 Å². The lowest BCUT2D eigenvalue weighted by atomic mass is 9.96. The molecule has 0 bridgehead atoms. The molecular weight excluding hydrogens is 260 g/mol. The summed E-state index contributed by atoms with van der Waals surface area (Å²) in [4.78, 5) is 14.9. The normalized spacial score (nSPS) is 16.2. The van der Waals surface area contributed by atoms with Crippen LogP contribution in [-0.2, 0) is 0 Å². The van der Waals surface area contributed by atoms with Gasteiger partial charge in [-0.3, -0.25) is 4.79 Å². The number of amides is 1. The van der Waals surface area contributed by atoms with Crippen molar-refractivity contribution in [3.63, 3.8) is 0 Å². The predicted molar refractivity (Wildman–Crippen MR) is 87.7 cm³/mol. The first-order valence-electron chi connectivity index (χ1n) is 8.08. The molecule has 1 aliphatic rings. The minimum absolute atomic E-state index is 0.173. The molecule has 21 heavy (non-hydrogen) atoms. The maximum Gasteiger partial charge on any atom is 0.254 e. The number of carbonyl (C=O) groups is 1. The van der Waals surface area contributed by atoms with E-state index in [4.69, 9.17) is 0 Å². The van der Waals surface area contributed by atoms with E-state index in [0.717, 1.165) is 25.2 Å². The Hall–Kier alpha value is -1.35. The second kappa shape index (κ2) is 7.08. The lowest BCUT2D eigenvalue weighted by molar-refractivity contribution is 0.0658. The number of aryl methyl sites for hydroxylation is 2. The van der Waals surface area contributed by atoms with Gasteiger partial charge in [0.15, 0.2) is 0 Å². The maximum absolute atomic E-state index is 12.8. The second-order valence-electron chi connectivity index (χ2n) is 6.54. The fourth-order valence-corrected chi connectivity index (χ4v) is 2.91. The molecule has 0 unspecified atom stereocenters. The highest BCUT2D eigenvalue weighted by Gasteiger charge is 2.23. The summed E-state index contributed by atoms with van der Waals surface area (Å²) in [7, 11) is 0. The topological polar surface area (TPSA) is 32.3 Å². The Morgan fingerprint density at radius 1 is 1.24 bits per heavy atom. The molecule has 0 saturated carbocycles. The quantitative estimate of drug-likeness (QED) is 0.923. The molecule has 1 amide bonds. The second-order valence-corrected chi connectivity index (χ2v) is 6.54. The molecule has 116 valence electrons. The molecule has 0 spiro atoms. The van der Waals surface area contributed by atoms with Crippen LogP contribution in [0.5, 0.6) is 0 Å². The zero-order valence-electron chi connectivity index (χ0n) is 13.8. The smallest absolute Gasteiger partial charge is 0.254 e. The van der Waals surface area contributed by atoms with Gasteiger partial charge in [0.05, 0.1) is 0 Å². The summed E-state index contributed by atoms with van der Waals surface area (Å²) >= 11 is 0. The first kappa shape index (κ1) is 16.0. The highest BCUT2D eigenvalue weighted by Crippen LogP contribution is 2.19. The van der Waals surface area contributed by atoms with Crippen LogP contribution in [0.1, 0.15) is 48.2 Å². The standard InChI is InChI=1S/C18H28N2O/c1-13(2)20(12-16-7-9-19-10-8-16)18(21)17-6-5-14(3)15(4)11-17/h5-6,11,13,16,19H,7-10,12H2,1-4H3. The van der Waals surface area contributed by atoms with Crippen molar-refractivity contribution in [1.29, 1.82) is 0 Å². The van der Waals surface area contributed by atoms with Crippen LogP contribution in [0.25, 0.3) is 0 Å². The molecule has 1 aromatic carbocycles. The summed E-state index contributed by atoms with van der Waals surface area (Å²) in [6.45, 7) is 11.4. The summed E-state index contributed by atoms with van der Waals surface area (Å²) in [6, 6.07) is 6.28. The van der Waals surface area contributed by atoms with Gasteiger partial charge in [0, 0.05) is 18.2 Å². The summed E-state index contributed by atoms with van der Waals surface area (Å²) in [6.07, 6.45) is 2.34. The predicted octanol–water partition coefficient (Wildman–Crippen LogP) is 3.15. The molecule has 2 rings (SSSR count). The van der Waals surface area contributed by atoms with E-state index in [2.05, 4.69) is 33.0 Å². The number of piperidine rings is 1. The maximum atomic E-state index is 12.8. The average Bonchev–Trinajstić information content (AvgIpc) is 2.47. The monoisotopic (exact) mass is 288 g/mol. The van der Waals surface area contributed by atoms with Crippen molar-refractivity contribution in [2.45, 2.75) is 46.6 Å². The Bertz CT molecular complexity index is 490. The fourth-order valence-electron chi connectivity index (χ4n) is 2.91. The van der Waals surface area contributed by atoms with Gasteiger partial charge in [0.25, 0.3) is 5.91 Å². The van der Waals surface area contributed by atoms with Crippen LogP contribution < -0.4 is 5.32 Å². The van der Waals surface area contributed by atoms with Gasteiger partial charge in [0.1, 0.15) is 0 Å². The van der Waals surface area contributed by atoms with Crippen LogP contribution in [0.15, 0.2) is 18.2 Å². The fraction of sp³-hybridized carbons (Fsp3) is 0.611. The third-order valence-corrected chi connectivity index (χ3v) is 4.55. The van der Waals surface area contributed by atoms with Crippen molar-refractivity contribution < 1.29 is 4.79 Å². The molecule has 1 fully saturated rings. The zero-order valence-corrected chi connectivity index (χ0v) is 13.8. The van der Waals surface area contributed by atoms with E-state index in [-0.39, 0.29) is 11.9 Å². The summed E-state index contributed by atoms with van der Waals surface area (Å²) in [5, 5.41) is 3.39. The van der Waals surface area contributed by atoms with Gasteiger partial charge in [-0.1, -0.05) is 6.07 Å². The van der Waals surface area contributed by atoms with Crippen LogP contribution in [-0.4, -0.2) is 36.5 Å². The SMILES string of the molecule is Cc1ccc(C(=O)N(CC2CCNCC2)C(C)C)cc1C. The Kier molecular flexibility index (Phi) is 5.40. The van der Waals surface area contributed by atoms with E-state index in [1.165, 1.54) is 24.0 Å². The molecule has 0 radical (unpaired) electrons. The number of carbonyl (C=O) groups excluding carboxylic acids is 1. The van der Waals surface area contributed by atoms with Crippen LogP contribution in [0.4, 0.5) is 0 Å². The van der Waals surface area contributed by atoms with Gasteiger partial charge in [-0.2, -0.15) is 0 Å². The summed E-state index contributed by atoms with van der Waals surface area (Å²) in [5.41, 5.74) is 3.24. The molecule has 0 aromatic heterocycles. The molecule has 3 heteroatoms. The van der Waals surface area contributed by atoms with Gasteiger partial charge in [0.2, 0.25) is 0 Å². The lowest BCUT2D eigenvalue weighted by Crippen LogP contribution is -2.43. The summed E-state index contributed by atoms with van der Waals surface area (Å²) < 4.78 is 0. The van der Waals surface area contributed by atoms with E-state index in [1.807, 2.05) is 23.1 Å². The highest BCUT2D eigenvalue weighted by atomic mass is 16.2. The molecule has 0 aliphatic carbocycles. The molecular formula is C18H28N2O. The number of nitrogens with zero attached hydrogens (tertiary/aromatic N) is 1. The van der Waals surface area contributed by atoms with Crippen molar-refractivity contribution in [2.75, 3.05) is 19.6 Å². The van der Waals surface area contributed by atoms with Crippen molar-refractivity contribution in [3.05, 3.63) is 34.9 Å². The van der Waals surface area contributed by atoms with Crippen LogP contribution in [0, 0.1) is 19.8 Å². The van der Waals surface area contributed by atoms with E-state index >= 15 is 0 Å². The number of rotatable bonds is 4. The first-order valence-corrected chi connectivity index (χ1v) is 8.08. The van der Waals surface area contributed by atoms with Crippen LogP contribution in [0.3, 0.4) is 0 Å². The molecule has 3 nitrogen and oxygen atoms in total. The van der Waals surface area contributed by atoms with E-state index in [0.29, 0.717) is 5.92 Å². The minimum atomic E-state index is 0.173. The minimum Gasteiger partial charge on any atom is -0.336 e. The van der Waals surface area contributed by atoms with Gasteiger partial charge < -0.3 is 10.2 Å². The van der Waals surface area contributed by atoms with Crippen LogP contribution in [0.2, 0.25) is 0 Å². The van der Waals surface area contributed by atoms with Crippen LogP contribution >= 0.6 is 0 Å². The first-order chi connectivity index (χ1) is 9.99. The average molecular weight is 288 g/mol. The van der Waals surface area contributed by atoms with Gasteiger partial charge >= 0.3 is 0 Å². The Morgan fingerprint density at radius 3 is 2.48 bits per heavy atom. The molecule has 1 aromatic rings.